The van der Waals surface area contributed by atoms with Crippen molar-refractivity contribution in [1.82, 2.24) is 4.57 Å². The SMILES string of the molecule is Cn1c(=O)oc2cc(C(N)c3ccc(I)cc3)ccc21. The summed E-state index contributed by atoms with van der Waals surface area (Å²) >= 11 is 2.26. The molecule has 20 heavy (non-hydrogen) atoms. The van der Waals surface area contributed by atoms with Crippen LogP contribution in [0.25, 0.3) is 11.1 Å². The zero-order valence-corrected chi connectivity index (χ0v) is 13.0. The van der Waals surface area contributed by atoms with Gasteiger partial charge in [-0.25, -0.2) is 4.79 Å². The first-order valence-electron chi connectivity index (χ1n) is 6.17. The van der Waals surface area contributed by atoms with Crippen LogP contribution in [-0.4, -0.2) is 4.57 Å². The molecule has 1 unspecified atom stereocenters. The molecule has 0 spiro atoms. The highest BCUT2D eigenvalue weighted by atomic mass is 127. The van der Waals surface area contributed by atoms with E-state index in [1.165, 1.54) is 8.14 Å². The average Bonchev–Trinajstić information content (AvgIpc) is 2.74. The summed E-state index contributed by atoms with van der Waals surface area (Å²) in [6.45, 7) is 0. The Labute approximate surface area is 129 Å². The fourth-order valence-electron chi connectivity index (χ4n) is 2.21. The molecule has 0 aliphatic rings. The number of aryl methyl sites for hydroxylation is 1. The summed E-state index contributed by atoms with van der Waals surface area (Å²) in [5.74, 6) is -0.361. The number of halogens is 1. The van der Waals surface area contributed by atoms with Gasteiger partial charge < -0.3 is 10.2 Å². The summed E-state index contributed by atoms with van der Waals surface area (Å²) < 4.78 is 7.85. The second kappa shape index (κ2) is 5.06. The average molecular weight is 380 g/mol. The molecule has 0 bridgehead atoms. The van der Waals surface area contributed by atoms with E-state index in [1.807, 2.05) is 42.5 Å². The van der Waals surface area contributed by atoms with Gasteiger partial charge in [-0.2, -0.15) is 0 Å². The molecule has 0 saturated heterocycles. The molecule has 3 rings (SSSR count). The Morgan fingerprint density at radius 1 is 1.15 bits per heavy atom. The predicted molar refractivity (Wildman–Crippen MR) is 86.6 cm³/mol. The molecule has 1 atom stereocenters. The summed E-state index contributed by atoms with van der Waals surface area (Å²) in [6, 6.07) is 13.5. The Morgan fingerprint density at radius 3 is 2.50 bits per heavy atom. The van der Waals surface area contributed by atoms with Crippen LogP contribution in [0.1, 0.15) is 17.2 Å². The Kier molecular flexibility index (Phi) is 3.39. The molecule has 102 valence electrons. The second-order valence-corrected chi connectivity index (χ2v) is 5.93. The standard InChI is InChI=1S/C15H13IN2O2/c1-18-12-7-4-10(8-13(12)20-15(18)19)14(17)9-2-5-11(16)6-3-9/h2-8,14H,17H2,1H3. The molecule has 1 heterocycles. The fourth-order valence-corrected chi connectivity index (χ4v) is 2.57. The summed E-state index contributed by atoms with van der Waals surface area (Å²) in [7, 11) is 1.69. The molecule has 2 N–H and O–H groups in total. The van der Waals surface area contributed by atoms with Gasteiger partial charge >= 0.3 is 5.76 Å². The predicted octanol–water partition coefficient (Wildman–Crippen LogP) is 2.78. The van der Waals surface area contributed by atoms with Crippen molar-refractivity contribution in [1.29, 1.82) is 0 Å². The van der Waals surface area contributed by atoms with Gasteiger partial charge in [-0.1, -0.05) is 18.2 Å². The van der Waals surface area contributed by atoms with E-state index in [9.17, 15) is 4.79 Å². The van der Waals surface area contributed by atoms with Crippen molar-refractivity contribution in [2.24, 2.45) is 12.8 Å². The minimum absolute atomic E-state index is 0.234. The van der Waals surface area contributed by atoms with Crippen LogP contribution >= 0.6 is 22.6 Å². The molecular weight excluding hydrogens is 367 g/mol. The van der Waals surface area contributed by atoms with Crippen molar-refractivity contribution in [2.45, 2.75) is 6.04 Å². The third-order valence-corrected chi connectivity index (χ3v) is 4.12. The molecule has 0 fully saturated rings. The van der Waals surface area contributed by atoms with Crippen LogP contribution in [0.2, 0.25) is 0 Å². The van der Waals surface area contributed by atoms with Gasteiger partial charge in [-0.3, -0.25) is 4.57 Å². The molecule has 2 aromatic carbocycles. The van der Waals surface area contributed by atoms with Crippen LogP contribution in [0.4, 0.5) is 0 Å². The maximum atomic E-state index is 11.5. The van der Waals surface area contributed by atoms with Crippen molar-refractivity contribution in [3.63, 3.8) is 0 Å². The van der Waals surface area contributed by atoms with Crippen molar-refractivity contribution < 1.29 is 4.42 Å². The molecule has 0 radical (unpaired) electrons. The number of nitrogens with two attached hydrogens (primary N) is 1. The Bertz CT molecular complexity index is 818. The lowest BCUT2D eigenvalue weighted by molar-refractivity contribution is 0.527. The number of fused-ring (bicyclic) bond motifs is 1. The zero-order chi connectivity index (χ0) is 14.3. The molecule has 0 saturated carbocycles. The monoisotopic (exact) mass is 380 g/mol. The Morgan fingerprint density at radius 2 is 1.80 bits per heavy atom. The van der Waals surface area contributed by atoms with Crippen LogP contribution in [0.15, 0.2) is 51.7 Å². The third kappa shape index (κ3) is 2.27. The number of hydrogen-bond acceptors (Lipinski definition) is 3. The van der Waals surface area contributed by atoms with E-state index >= 15 is 0 Å². The first-order valence-corrected chi connectivity index (χ1v) is 7.24. The second-order valence-electron chi connectivity index (χ2n) is 4.68. The first-order chi connectivity index (χ1) is 9.56. The maximum Gasteiger partial charge on any atom is 0.419 e. The normalized spacial score (nSPS) is 12.8. The molecule has 0 aliphatic carbocycles. The number of benzene rings is 2. The summed E-state index contributed by atoms with van der Waals surface area (Å²) in [5, 5.41) is 0. The largest absolute Gasteiger partial charge is 0.419 e. The van der Waals surface area contributed by atoms with Gasteiger partial charge in [0.15, 0.2) is 5.58 Å². The first kappa shape index (κ1) is 13.4. The smallest absolute Gasteiger partial charge is 0.408 e. The van der Waals surface area contributed by atoms with Gasteiger partial charge in [0, 0.05) is 10.6 Å². The van der Waals surface area contributed by atoms with Crippen molar-refractivity contribution in [3.8, 4) is 0 Å². The quantitative estimate of drug-likeness (QED) is 0.696. The van der Waals surface area contributed by atoms with E-state index in [1.54, 1.807) is 7.05 Å². The van der Waals surface area contributed by atoms with Crippen LogP contribution in [0, 0.1) is 3.57 Å². The van der Waals surface area contributed by atoms with Gasteiger partial charge in [-0.15, -0.1) is 0 Å². The Hall–Kier alpha value is -1.60. The highest BCUT2D eigenvalue weighted by molar-refractivity contribution is 14.1. The summed E-state index contributed by atoms with van der Waals surface area (Å²) in [4.78, 5) is 11.5. The third-order valence-electron chi connectivity index (χ3n) is 3.40. The van der Waals surface area contributed by atoms with Crippen LogP contribution in [0.3, 0.4) is 0 Å². The number of aromatic nitrogens is 1. The van der Waals surface area contributed by atoms with Gasteiger partial charge in [0.1, 0.15) is 0 Å². The lowest BCUT2D eigenvalue weighted by Crippen LogP contribution is -2.11. The van der Waals surface area contributed by atoms with Crippen molar-refractivity contribution in [2.75, 3.05) is 0 Å². The molecular formula is C15H13IN2O2. The number of oxazole rings is 1. The molecule has 0 amide bonds. The highest BCUT2D eigenvalue weighted by Gasteiger charge is 2.12. The lowest BCUT2D eigenvalue weighted by Gasteiger charge is -2.12. The molecule has 0 aliphatic heterocycles. The van der Waals surface area contributed by atoms with Crippen LogP contribution in [0.5, 0.6) is 0 Å². The van der Waals surface area contributed by atoms with E-state index in [4.69, 9.17) is 10.2 Å². The van der Waals surface area contributed by atoms with Crippen molar-refractivity contribution in [3.05, 3.63) is 67.7 Å². The van der Waals surface area contributed by atoms with Gasteiger partial charge in [0.2, 0.25) is 0 Å². The number of nitrogens with zero attached hydrogens (tertiary/aromatic N) is 1. The fraction of sp³-hybridized carbons (Fsp3) is 0.133. The van der Waals surface area contributed by atoms with E-state index in [2.05, 4.69) is 22.6 Å². The van der Waals surface area contributed by atoms with E-state index in [-0.39, 0.29) is 11.8 Å². The van der Waals surface area contributed by atoms with Gasteiger partial charge in [0.05, 0.1) is 11.6 Å². The highest BCUT2D eigenvalue weighted by Crippen LogP contribution is 2.23. The number of rotatable bonds is 2. The maximum absolute atomic E-state index is 11.5. The zero-order valence-electron chi connectivity index (χ0n) is 10.8. The van der Waals surface area contributed by atoms with E-state index in [0.29, 0.717) is 5.58 Å². The van der Waals surface area contributed by atoms with Gasteiger partial charge in [-0.05, 0) is 58.0 Å². The van der Waals surface area contributed by atoms with E-state index in [0.717, 1.165) is 16.6 Å². The van der Waals surface area contributed by atoms with Gasteiger partial charge in [0.25, 0.3) is 0 Å². The minimum Gasteiger partial charge on any atom is -0.408 e. The molecule has 5 heteroatoms. The summed E-state index contributed by atoms with van der Waals surface area (Å²) in [6.07, 6.45) is 0. The summed E-state index contributed by atoms with van der Waals surface area (Å²) in [5.41, 5.74) is 9.57. The molecule has 4 nitrogen and oxygen atoms in total. The molecule has 1 aromatic heterocycles. The minimum atomic E-state index is -0.361. The Balaban J connectivity index is 2.05. The van der Waals surface area contributed by atoms with Crippen LogP contribution in [-0.2, 0) is 7.05 Å². The van der Waals surface area contributed by atoms with Crippen molar-refractivity contribution >= 4 is 33.7 Å². The lowest BCUT2D eigenvalue weighted by atomic mass is 9.99. The molecule has 3 aromatic rings. The van der Waals surface area contributed by atoms with Crippen LogP contribution < -0.4 is 11.5 Å². The topological polar surface area (TPSA) is 61.2 Å². The van der Waals surface area contributed by atoms with E-state index < -0.39 is 0 Å². The number of hydrogen-bond donors (Lipinski definition) is 1.